The zero-order chi connectivity index (χ0) is 15.1. The van der Waals surface area contributed by atoms with Crippen molar-refractivity contribution in [2.45, 2.75) is 6.92 Å². The van der Waals surface area contributed by atoms with Gasteiger partial charge >= 0.3 is 11.9 Å². The molecule has 108 valence electrons. The molecule has 0 bridgehead atoms. The van der Waals surface area contributed by atoms with Crippen LogP contribution in [-0.2, 0) is 9.47 Å². The molecule has 0 aliphatic carbocycles. The molecule has 0 unspecified atom stereocenters. The minimum absolute atomic E-state index is 0.234. The number of esters is 2. The van der Waals surface area contributed by atoms with Gasteiger partial charge in [-0.05, 0) is 37.3 Å². The molecule has 2 N–H and O–H groups in total. The summed E-state index contributed by atoms with van der Waals surface area (Å²) in [6.45, 7) is 2.56. The van der Waals surface area contributed by atoms with E-state index in [0.29, 0.717) is 17.3 Å². The summed E-state index contributed by atoms with van der Waals surface area (Å²) in [6, 6.07) is 4.49. The lowest BCUT2D eigenvalue weighted by Gasteiger charge is -2.11. The van der Waals surface area contributed by atoms with Gasteiger partial charge in [-0.1, -0.05) is 0 Å². The first-order valence-electron chi connectivity index (χ1n) is 5.88. The molecular weight excluding hydrogens is 280 g/mol. The summed E-state index contributed by atoms with van der Waals surface area (Å²) in [6.07, 6.45) is 0. The molecule has 0 aromatic heterocycles. The first-order valence-corrected chi connectivity index (χ1v) is 6.29. The predicted molar refractivity (Wildman–Crippen MR) is 79.0 cm³/mol. The number of methoxy groups -OCH3 is 2. The Hall–Kier alpha value is -2.15. The first-order chi connectivity index (χ1) is 9.51. The highest BCUT2D eigenvalue weighted by Crippen LogP contribution is 2.17. The number of thiocarbonyl (C=S) groups is 1. The first kappa shape index (κ1) is 15.9. The highest BCUT2D eigenvalue weighted by molar-refractivity contribution is 7.80. The summed E-state index contributed by atoms with van der Waals surface area (Å²) in [5.74, 6) is -1.10. The molecule has 1 aromatic rings. The van der Waals surface area contributed by atoms with Crippen LogP contribution in [-0.4, -0.2) is 37.8 Å². The van der Waals surface area contributed by atoms with Crippen molar-refractivity contribution in [3.63, 3.8) is 0 Å². The van der Waals surface area contributed by atoms with Crippen molar-refractivity contribution in [1.82, 2.24) is 5.32 Å². The molecule has 0 fully saturated rings. The molecule has 1 rings (SSSR count). The van der Waals surface area contributed by atoms with Gasteiger partial charge in [0, 0.05) is 12.2 Å². The van der Waals surface area contributed by atoms with E-state index < -0.39 is 11.9 Å². The topological polar surface area (TPSA) is 76.7 Å². The number of nitrogens with one attached hydrogen (secondary N) is 2. The molecule has 0 heterocycles. The van der Waals surface area contributed by atoms with E-state index in [9.17, 15) is 9.59 Å². The minimum atomic E-state index is -0.548. The summed E-state index contributed by atoms with van der Waals surface area (Å²) in [4.78, 5) is 23.2. The Labute approximate surface area is 122 Å². The highest BCUT2D eigenvalue weighted by Gasteiger charge is 2.14. The van der Waals surface area contributed by atoms with Crippen LogP contribution in [0.25, 0.3) is 0 Å². The lowest BCUT2D eigenvalue weighted by Crippen LogP contribution is -2.28. The number of hydrogen-bond donors (Lipinski definition) is 2. The maximum atomic E-state index is 11.6. The molecular formula is C13H16N2O4S. The van der Waals surface area contributed by atoms with E-state index in [4.69, 9.17) is 12.2 Å². The summed E-state index contributed by atoms with van der Waals surface area (Å²) in [5, 5.41) is 6.19. The van der Waals surface area contributed by atoms with Crippen LogP contribution in [0.4, 0.5) is 5.69 Å². The van der Waals surface area contributed by atoms with Crippen LogP contribution < -0.4 is 10.6 Å². The molecule has 6 nitrogen and oxygen atoms in total. The van der Waals surface area contributed by atoms with Gasteiger partial charge in [0.2, 0.25) is 0 Å². The van der Waals surface area contributed by atoms with Crippen LogP contribution in [0.1, 0.15) is 27.6 Å². The maximum absolute atomic E-state index is 11.6. The van der Waals surface area contributed by atoms with Gasteiger partial charge in [-0.3, -0.25) is 0 Å². The van der Waals surface area contributed by atoms with Gasteiger partial charge in [-0.2, -0.15) is 0 Å². The number of benzene rings is 1. The third-order valence-electron chi connectivity index (χ3n) is 2.37. The van der Waals surface area contributed by atoms with Gasteiger partial charge < -0.3 is 20.1 Å². The standard InChI is InChI=1S/C13H16N2O4S/c1-4-14-13(20)15-10-6-8(11(16)18-2)5-9(7-10)12(17)19-3/h5-7H,4H2,1-3H3,(H2,14,15,20). The molecule has 0 saturated carbocycles. The Kier molecular flexibility index (Phi) is 5.92. The molecule has 0 aliphatic heterocycles. The average molecular weight is 296 g/mol. The normalized spacial score (nSPS) is 9.55. The summed E-state index contributed by atoms with van der Waals surface area (Å²) in [7, 11) is 2.53. The largest absolute Gasteiger partial charge is 0.465 e. The van der Waals surface area contributed by atoms with Crippen LogP contribution in [0.15, 0.2) is 18.2 Å². The van der Waals surface area contributed by atoms with Crippen molar-refractivity contribution >= 4 is 35.0 Å². The molecule has 0 spiro atoms. The van der Waals surface area contributed by atoms with Crippen molar-refractivity contribution in [2.24, 2.45) is 0 Å². The molecule has 0 aliphatic rings. The SMILES string of the molecule is CCNC(=S)Nc1cc(C(=O)OC)cc(C(=O)OC)c1. The van der Waals surface area contributed by atoms with Gasteiger partial charge in [-0.15, -0.1) is 0 Å². The zero-order valence-electron chi connectivity index (χ0n) is 11.5. The lowest BCUT2D eigenvalue weighted by atomic mass is 10.1. The fourth-order valence-electron chi connectivity index (χ4n) is 1.51. The van der Waals surface area contributed by atoms with E-state index in [1.54, 1.807) is 12.1 Å². The number of rotatable bonds is 4. The van der Waals surface area contributed by atoms with Gasteiger partial charge in [0.25, 0.3) is 0 Å². The molecule has 20 heavy (non-hydrogen) atoms. The van der Waals surface area contributed by atoms with Crippen LogP contribution in [0.5, 0.6) is 0 Å². The minimum Gasteiger partial charge on any atom is -0.465 e. The van der Waals surface area contributed by atoms with Crippen molar-refractivity contribution in [2.75, 3.05) is 26.1 Å². The van der Waals surface area contributed by atoms with Gasteiger partial charge in [0.15, 0.2) is 5.11 Å². The molecule has 7 heteroatoms. The Morgan fingerprint density at radius 3 is 2.00 bits per heavy atom. The number of carbonyl (C=O) groups is 2. The number of hydrogen-bond acceptors (Lipinski definition) is 5. The van der Waals surface area contributed by atoms with E-state index in [1.165, 1.54) is 20.3 Å². The van der Waals surface area contributed by atoms with Crippen LogP contribution >= 0.6 is 12.2 Å². The summed E-state index contributed by atoms with van der Waals surface area (Å²) < 4.78 is 9.29. The molecule has 0 atom stereocenters. The number of anilines is 1. The number of ether oxygens (including phenoxy) is 2. The smallest absolute Gasteiger partial charge is 0.337 e. The van der Waals surface area contributed by atoms with Gasteiger partial charge in [0.05, 0.1) is 25.3 Å². The van der Waals surface area contributed by atoms with Crippen molar-refractivity contribution < 1.29 is 19.1 Å². The van der Waals surface area contributed by atoms with E-state index in [2.05, 4.69) is 20.1 Å². The Morgan fingerprint density at radius 2 is 1.60 bits per heavy atom. The second kappa shape index (κ2) is 7.44. The monoisotopic (exact) mass is 296 g/mol. The number of carbonyl (C=O) groups excluding carboxylic acids is 2. The van der Waals surface area contributed by atoms with E-state index in [-0.39, 0.29) is 11.1 Å². The third-order valence-corrected chi connectivity index (χ3v) is 2.62. The summed E-state index contributed by atoms with van der Waals surface area (Å²) in [5.41, 5.74) is 0.966. The Balaban J connectivity index is 3.12. The van der Waals surface area contributed by atoms with Crippen molar-refractivity contribution in [3.8, 4) is 0 Å². The maximum Gasteiger partial charge on any atom is 0.337 e. The Bertz CT molecular complexity index is 497. The second-order valence-corrected chi connectivity index (χ2v) is 4.17. The molecule has 0 amide bonds. The molecule has 0 saturated heterocycles. The highest BCUT2D eigenvalue weighted by atomic mass is 32.1. The lowest BCUT2D eigenvalue weighted by molar-refractivity contribution is 0.0599. The predicted octanol–water partition coefficient (Wildman–Crippen LogP) is 1.57. The van der Waals surface area contributed by atoms with Crippen LogP contribution in [0.2, 0.25) is 0 Å². The fraction of sp³-hybridized carbons (Fsp3) is 0.308. The second-order valence-electron chi connectivity index (χ2n) is 3.77. The van der Waals surface area contributed by atoms with Crippen LogP contribution in [0, 0.1) is 0 Å². The molecule has 0 radical (unpaired) electrons. The van der Waals surface area contributed by atoms with E-state index in [1.807, 2.05) is 6.92 Å². The Morgan fingerprint density at radius 1 is 1.10 bits per heavy atom. The van der Waals surface area contributed by atoms with Gasteiger partial charge in [-0.25, -0.2) is 9.59 Å². The van der Waals surface area contributed by atoms with E-state index in [0.717, 1.165) is 0 Å². The average Bonchev–Trinajstić information content (AvgIpc) is 2.45. The fourth-order valence-corrected chi connectivity index (χ4v) is 1.77. The van der Waals surface area contributed by atoms with Crippen molar-refractivity contribution in [3.05, 3.63) is 29.3 Å². The van der Waals surface area contributed by atoms with Crippen LogP contribution in [0.3, 0.4) is 0 Å². The zero-order valence-corrected chi connectivity index (χ0v) is 12.3. The quantitative estimate of drug-likeness (QED) is 0.645. The van der Waals surface area contributed by atoms with Gasteiger partial charge in [0.1, 0.15) is 0 Å². The molecule has 1 aromatic carbocycles. The third kappa shape index (κ3) is 4.20. The van der Waals surface area contributed by atoms with E-state index >= 15 is 0 Å². The van der Waals surface area contributed by atoms with Crippen molar-refractivity contribution in [1.29, 1.82) is 0 Å². The summed E-state index contributed by atoms with van der Waals surface area (Å²) >= 11 is 5.06.